The Kier molecular flexibility index (Phi) is 5.02. The normalized spacial score (nSPS) is 11.8. The van der Waals surface area contributed by atoms with Crippen molar-refractivity contribution >= 4 is 42.0 Å². The van der Waals surface area contributed by atoms with Crippen molar-refractivity contribution in [2.45, 2.75) is 6.92 Å². The molecule has 13 heavy (non-hydrogen) atoms. The monoisotopic (exact) mass is 354 g/mol. The van der Waals surface area contributed by atoms with Crippen LogP contribution in [0.4, 0.5) is 0 Å². The molecule has 0 amide bonds. The van der Waals surface area contributed by atoms with E-state index in [9.17, 15) is 0 Å². The minimum atomic E-state index is 0.161. The second-order valence-electron chi connectivity index (χ2n) is 2.61. The Labute approximate surface area is 98.5 Å². The van der Waals surface area contributed by atoms with Gasteiger partial charge in [0.25, 0.3) is 0 Å². The van der Waals surface area contributed by atoms with Gasteiger partial charge in [-0.05, 0) is 0 Å². The van der Waals surface area contributed by atoms with Crippen LogP contribution < -0.4 is 4.46 Å². The summed E-state index contributed by atoms with van der Waals surface area (Å²) in [6.45, 7) is 2.28. The number of hydrogen-bond donors (Lipinski definition) is 1. The zero-order valence-corrected chi connectivity index (χ0v) is 11.2. The third-order valence-corrected chi connectivity index (χ3v) is 5.50. The van der Waals surface area contributed by atoms with E-state index >= 15 is 0 Å². The molecule has 0 bridgehead atoms. The molecule has 1 rings (SSSR count). The van der Waals surface area contributed by atoms with Crippen LogP contribution in [0, 0.1) is 6.92 Å². The predicted molar refractivity (Wildman–Crippen MR) is 65.8 cm³/mol. The van der Waals surface area contributed by atoms with E-state index in [0.717, 1.165) is 3.58 Å². The Bertz CT molecular complexity index is 310. The molecule has 0 radical (unpaired) electrons. The molecule has 1 aromatic rings. The summed E-state index contributed by atoms with van der Waals surface area (Å²) >= 11 is 2.52. The summed E-state index contributed by atoms with van der Waals surface area (Å²) in [6.07, 6.45) is 0. The molecule has 0 heterocycles. The molecule has 1 nitrogen and oxygen atoms in total. The number of aliphatic hydroxyl groups is 1. The summed E-state index contributed by atoms with van der Waals surface area (Å²) in [5.41, 5.74) is 1.33. The molecule has 0 saturated heterocycles. The predicted octanol–water partition coefficient (Wildman–Crippen LogP) is 1.59. The number of aryl methyl sites for hydroxylation is 1. The van der Waals surface area contributed by atoms with Crippen LogP contribution in [0.1, 0.15) is 5.56 Å². The molecule has 3 heteroatoms. The Morgan fingerprint density at radius 2 is 2.23 bits per heavy atom. The molecule has 1 N–H and O–H groups in total. The molecule has 0 aliphatic rings. The van der Waals surface area contributed by atoms with Crippen molar-refractivity contribution in [3.63, 3.8) is 0 Å². The Balaban J connectivity index is 2.70. The fraction of sp³-hybridized carbons (Fsp3) is 0.200. The topological polar surface area (TPSA) is 20.2 Å². The van der Waals surface area contributed by atoms with E-state index in [2.05, 4.69) is 58.8 Å². The second-order valence-corrected chi connectivity index (χ2v) is 5.90. The van der Waals surface area contributed by atoms with Crippen molar-refractivity contribution in [3.8, 4) is 0 Å². The van der Waals surface area contributed by atoms with Crippen molar-refractivity contribution in [3.05, 3.63) is 38.4 Å². The van der Waals surface area contributed by atoms with Crippen LogP contribution in [0.2, 0.25) is 0 Å². The van der Waals surface area contributed by atoms with Crippen LogP contribution in [0.25, 0.3) is 0 Å². The van der Waals surface area contributed by atoms with Crippen molar-refractivity contribution < 1.29 is 5.11 Å². The summed E-state index contributed by atoms with van der Waals surface area (Å²) < 4.78 is 2.42. The summed E-state index contributed by atoms with van der Waals surface area (Å²) in [6, 6.07) is 8.38. The van der Waals surface area contributed by atoms with Gasteiger partial charge in [0.2, 0.25) is 0 Å². The van der Waals surface area contributed by atoms with Crippen LogP contribution in [0.3, 0.4) is 0 Å². The summed E-state index contributed by atoms with van der Waals surface area (Å²) in [5.74, 6) is 0. The molecule has 0 aromatic heterocycles. The van der Waals surface area contributed by atoms with E-state index in [0.29, 0.717) is 15.0 Å². The van der Waals surface area contributed by atoms with Crippen LogP contribution in [0.5, 0.6) is 0 Å². The van der Waals surface area contributed by atoms with Gasteiger partial charge >= 0.3 is 99.0 Å². The van der Waals surface area contributed by atoms with Gasteiger partial charge < -0.3 is 0 Å². The average Bonchev–Trinajstić information content (AvgIpc) is 2.16. The Morgan fingerprint density at radius 1 is 1.54 bits per heavy atom. The van der Waals surface area contributed by atoms with Crippen molar-refractivity contribution in [2.24, 2.45) is 0 Å². The first kappa shape index (κ1) is 11.2. The van der Waals surface area contributed by atoms with Gasteiger partial charge in [-0.2, -0.15) is 0 Å². The van der Waals surface area contributed by atoms with Crippen LogP contribution in [-0.4, -0.2) is 26.7 Å². The van der Waals surface area contributed by atoms with E-state index in [1.165, 1.54) is 10.0 Å². The maximum absolute atomic E-state index is 8.82. The molecule has 0 atom stereocenters. The first-order chi connectivity index (χ1) is 6.24. The molecule has 0 unspecified atom stereocenters. The fourth-order valence-corrected chi connectivity index (χ4v) is 3.07. The van der Waals surface area contributed by atoms with Crippen LogP contribution in [0.15, 0.2) is 32.8 Å². The molecule has 0 aliphatic carbocycles. The van der Waals surface area contributed by atoms with Crippen LogP contribution >= 0.6 is 22.6 Å². The van der Waals surface area contributed by atoms with Gasteiger partial charge in [-0.1, -0.05) is 0 Å². The van der Waals surface area contributed by atoms with Gasteiger partial charge in [0, 0.05) is 0 Å². The third-order valence-electron chi connectivity index (χ3n) is 1.56. The van der Waals surface area contributed by atoms with Gasteiger partial charge in [0.15, 0.2) is 0 Å². The summed E-state index contributed by atoms with van der Waals surface area (Å²) in [4.78, 5) is 2.12. The number of halogens is 1. The van der Waals surface area contributed by atoms with Crippen LogP contribution in [-0.2, 0) is 0 Å². The van der Waals surface area contributed by atoms with Crippen molar-refractivity contribution in [1.29, 1.82) is 0 Å². The molecular weight excluding hydrogens is 342 g/mol. The first-order valence-electron chi connectivity index (χ1n) is 3.91. The average molecular weight is 353 g/mol. The molecule has 0 spiro atoms. The zero-order valence-electron chi connectivity index (χ0n) is 7.33. The van der Waals surface area contributed by atoms with E-state index in [-0.39, 0.29) is 6.61 Å². The van der Waals surface area contributed by atoms with E-state index in [4.69, 9.17) is 5.11 Å². The quantitative estimate of drug-likeness (QED) is 0.647. The van der Waals surface area contributed by atoms with E-state index < -0.39 is 0 Å². The number of rotatable bonds is 3. The molecular formula is C10H11IOSe. The van der Waals surface area contributed by atoms with Gasteiger partial charge in [-0.3, -0.25) is 0 Å². The number of aliphatic hydroxyl groups excluding tert-OH is 1. The van der Waals surface area contributed by atoms with E-state index in [1.54, 1.807) is 0 Å². The maximum atomic E-state index is 8.82. The summed E-state index contributed by atoms with van der Waals surface area (Å²) in [7, 11) is 0. The Morgan fingerprint density at radius 3 is 2.85 bits per heavy atom. The Hall–Kier alpha value is 0.169. The first-order valence-corrected chi connectivity index (χ1v) is 6.84. The second kappa shape index (κ2) is 5.81. The molecule has 70 valence electrons. The van der Waals surface area contributed by atoms with Gasteiger partial charge in [0.1, 0.15) is 0 Å². The molecule has 0 fully saturated rings. The molecule has 0 saturated carbocycles. The van der Waals surface area contributed by atoms with Crippen molar-refractivity contribution in [1.82, 2.24) is 0 Å². The number of hydrogen-bond acceptors (Lipinski definition) is 1. The molecule has 0 aliphatic heterocycles. The molecule has 1 aromatic carbocycles. The van der Waals surface area contributed by atoms with Gasteiger partial charge in [0.05, 0.1) is 0 Å². The minimum absolute atomic E-state index is 0.161. The standard InChI is InChI=1S/C10H11IOSe/c1-8-4-2-3-5-10(8)13-7-9(11)6-12/h2-5,7,12H,6H2,1H3/b9-7-. The summed E-state index contributed by atoms with van der Waals surface area (Å²) in [5, 5.41) is 8.82. The number of benzene rings is 1. The zero-order chi connectivity index (χ0) is 9.68. The van der Waals surface area contributed by atoms with Gasteiger partial charge in [-0.15, -0.1) is 0 Å². The third kappa shape index (κ3) is 3.81. The van der Waals surface area contributed by atoms with Crippen molar-refractivity contribution in [2.75, 3.05) is 6.61 Å². The fourth-order valence-electron chi connectivity index (χ4n) is 0.853. The SMILES string of the molecule is Cc1ccccc1[Se]/C=C(\I)CO. The van der Waals surface area contributed by atoms with E-state index in [1.807, 2.05) is 0 Å². The van der Waals surface area contributed by atoms with Gasteiger partial charge in [-0.25, -0.2) is 0 Å².